The molecule has 8 heteroatoms. The summed E-state index contributed by atoms with van der Waals surface area (Å²) in [5, 5.41) is 6.73. The Morgan fingerprint density at radius 3 is 2.56 bits per heavy atom. The van der Waals surface area contributed by atoms with E-state index < -0.39 is 5.67 Å². The Morgan fingerprint density at radius 1 is 1.00 bits per heavy atom. The minimum absolute atomic E-state index is 0.199. The number of carbonyl (C=O) groups excluding carboxylic acids is 1. The predicted molar refractivity (Wildman–Crippen MR) is 123 cm³/mol. The molecule has 1 amide bonds. The van der Waals surface area contributed by atoms with E-state index in [9.17, 15) is 9.18 Å². The van der Waals surface area contributed by atoms with E-state index in [4.69, 9.17) is 0 Å². The number of fused-ring (bicyclic) bond motifs is 1. The normalized spacial score (nSPS) is 11.4. The Balaban J connectivity index is 1.63. The molecule has 4 aromatic rings. The Bertz CT molecular complexity index is 1320. The largest absolute Gasteiger partial charge is 0.373 e. The summed E-state index contributed by atoms with van der Waals surface area (Å²) in [7, 11) is 1.81. The molecular formula is C24H23FN6O. The van der Waals surface area contributed by atoms with Crippen LogP contribution in [0.15, 0.2) is 55.1 Å². The zero-order chi connectivity index (χ0) is 22.9. The number of hydrogen-bond acceptors (Lipinski definition) is 6. The van der Waals surface area contributed by atoms with Crippen molar-refractivity contribution in [1.82, 2.24) is 19.9 Å². The molecule has 0 aliphatic heterocycles. The SMILES string of the molecule is CNc1cc2ncc(-c3cc(NC(=O)c4ccnc(C(C)(C)F)c4)cnc3C)cc2cn1. The number of pyridine rings is 4. The second-order valence-electron chi connectivity index (χ2n) is 7.95. The highest BCUT2D eigenvalue weighted by Crippen LogP contribution is 2.28. The van der Waals surface area contributed by atoms with Crippen molar-refractivity contribution in [1.29, 1.82) is 0 Å². The molecule has 4 heterocycles. The molecule has 0 saturated carbocycles. The summed E-state index contributed by atoms with van der Waals surface area (Å²) in [4.78, 5) is 30.1. The lowest BCUT2D eigenvalue weighted by Crippen LogP contribution is -2.16. The van der Waals surface area contributed by atoms with Gasteiger partial charge in [0.05, 0.1) is 23.1 Å². The van der Waals surface area contributed by atoms with Crippen LogP contribution in [-0.2, 0) is 5.67 Å². The van der Waals surface area contributed by atoms with Crippen molar-refractivity contribution in [3.8, 4) is 11.1 Å². The number of anilines is 2. The van der Waals surface area contributed by atoms with Crippen LogP contribution < -0.4 is 10.6 Å². The molecule has 0 aliphatic carbocycles. The predicted octanol–water partition coefficient (Wildman–Crippen LogP) is 4.89. The minimum atomic E-state index is -1.64. The maximum absolute atomic E-state index is 14.2. The molecule has 162 valence electrons. The van der Waals surface area contributed by atoms with Gasteiger partial charge in [0.25, 0.3) is 5.91 Å². The summed E-state index contributed by atoms with van der Waals surface area (Å²) in [5.74, 6) is 0.380. The van der Waals surface area contributed by atoms with Gasteiger partial charge in [0.15, 0.2) is 0 Å². The first kappa shape index (κ1) is 21.3. The quantitative estimate of drug-likeness (QED) is 0.468. The van der Waals surface area contributed by atoms with Gasteiger partial charge in [-0.2, -0.15) is 0 Å². The van der Waals surface area contributed by atoms with E-state index in [1.807, 2.05) is 32.2 Å². The van der Waals surface area contributed by atoms with Crippen LogP contribution >= 0.6 is 0 Å². The van der Waals surface area contributed by atoms with E-state index in [1.165, 1.54) is 26.1 Å². The number of nitrogens with one attached hydrogen (secondary N) is 2. The number of rotatable bonds is 5. The first-order chi connectivity index (χ1) is 15.2. The summed E-state index contributed by atoms with van der Waals surface area (Å²) in [6.07, 6.45) is 6.56. The highest BCUT2D eigenvalue weighted by atomic mass is 19.1. The van der Waals surface area contributed by atoms with Crippen molar-refractivity contribution in [2.45, 2.75) is 26.4 Å². The number of amides is 1. The van der Waals surface area contributed by atoms with Crippen LogP contribution in [0.5, 0.6) is 0 Å². The Morgan fingerprint density at radius 2 is 1.81 bits per heavy atom. The maximum atomic E-state index is 14.2. The van der Waals surface area contributed by atoms with E-state index in [0.29, 0.717) is 11.3 Å². The lowest BCUT2D eigenvalue weighted by Gasteiger charge is -2.14. The van der Waals surface area contributed by atoms with Crippen molar-refractivity contribution >= 4 is 28.3 Å². The monoisotopic (exact) mass is 430 g/mol. The van der Waals surface area contributed by atoms with Crippen molar-refractivity contribution in [3.05, 3.63) is 72.1 Å². The summed E-state index contributed by atoms with van der Waals surface area (Å²) in [6, 6.07) is 8.72. The second kappa shape index (κ2) is 8.30. The molecule has 32 heavy (non-hydrogen) atoms. The van der Waals surface area contributed by atoms with Crippen LogP contribution in [0.4, 0.5) is 15.9 Å². The highest BCUT2D eigenvalue weighted by molar-refractivity contribution is 6.04. The van der Waals surface area contributed by atoms with Crippen molar-refractivity contribution in [2.24, 2.45) is 0 Å². The number of alkyl halides is 1. The molecule has 4 rings (SSSR count). The molecular weight excluding hydrogens is 407 g/mol. The lowest BCUT2D eigenvalue weighted by atomic mass is 10.0. The van der Waals surface area contributed by atoms with Crippen molar-refractivity contribution in [2.75, 3.05) is 17.7 Å². The number of hydrogen-bond donors (Lipinski definition) is 2. The van der Waals surface area contributed by atoms with Gasteiger partial charge in [0, 0.05) is 59.5 Å². The molecule has 0 bridgehead atoms. The van der Waals surface area contributed by atoms with Crippen LogP contribution in [-0.4, -0.2) is 32.9 Å². The highest BCUT2D eigenvalue weighted by Gasteiger charge is 2.22. The lowest BCUT2D eigenvalue weighted by molar-refractivity contribution is 0.102. The molecule has 0 atom stereocenters. The topological polar surface area (TPSA) is 92.7 Å². The number of nitrogens with zero attached hydrogens (tertiary/aromatic N) is 4. The fraction of sp³-hybridized carbons (Fsp3) is 0.208. The second-order valence-corrected chi connectivity index (χ2v) is 7.95. The number of halogens is 1. The zero-order valence-corrected chi connectivity index (χ0v) is 18.3. The Labute approximate surface area is 185 Å². The van der Waals surface area contributed by atoms with Crippen LogP contribution in [0.2, 0.25) is 0 Å². The Kier molecular flexibility index (Phi) is 5.52. The molecule has 7 nitrogen and oxygen atoms in total. The molecule has 2 N–H and O–H groups in total. The summed E-state index contributed by atoms with van der Waals surface area (Å²) < 4.78 is 14.2. The number of aromatic nitrogens is 4. The van der Waals surface area contributed by atoms with Gasteiger partial charge in [-0.25, -0.2) is 9.37 Å². The first-order valence-corrected chi connectivity index (χ1v) is 10.1. The van der Waals surface area contributed by atoms with E-state index >= 15 is 0 Å². The third-order valence-electron chi connectivity index (χ3n) is 5.11. The fourth-order valence-corrected chi connectivity index (χ4v) is 3.30. The third-order valence-corrected chi connectivity index (χ3v) is 5.11. The molecule has 0 unspecified atom stereocenters. The van der Waals surface area contributed by atoms with Gasteiger partial charge in [0.2, 0.25) is 0 Å². The molecule has 4 aromatic heterocycles. The smallest absolute Gasteiger partial charge is 0.255 e. The summed E-state index contributed by atoms with van der Waals surface area (Å²) >= 11 is 0. The van der Waals surface area contributed by atoms with Crippen LogP contribution in [0.25, 0.3) is 22.0 Å². The first-order valence-electron chi connectivity index (χ1n) is 10.1. The van der Waals surface area contributed by atoms with E-state index in [1.54, 1.807) is 24.7 Å². The van der Waals surface area contributed by atoms with E-state index in [-0.39, 0.29) is 11.6 Å². The number of aryl methyl sites for hydroxylation is 1. The van der Waals surface area contributed by atoms with Gasteiger partial charge in [0.1, 0.15) is 11.5 Å². The summed E-state index contributed by atoms with van der Waals surface area (Å²) in [6.45, 7) is 4.70. The van der Waals surface area contributed by atoms with E-state index in [0.717, 1.165) is 33.5 Å². The van der Waals surface area contributed by atoms with Gasteiger partial charge in [-0.05, 0) is 45.0 Å². The van der Waals surface area contributed by atoms with E-state index in [2.05, 4.69) is 30.6 Å². The molecule has 0 fully saturated rings. The van der Waals surface area contributed by atoms with Crippen molar-refractivity contribution < 1.29 is 9.18 Å². The molecule has 0 aliphatic rings. The fourth-order valence-electron chi connectivity index (χ4n) is 3.30. The van der Waals surface area contributed by atoms with Gasteiger partial charge in [-0.3, -0.25) is 19.7 Å². The molecule has 0 saturated heterocycles. The molecule has 0 radical (unpaired) electrons. The minimum Gasteiger partial charge on any atom is -0.373 e. The third kappa shape index (κ3) is 4.39. The average Bonchev–Trinajstić information content (AvgIpc) is 2.79. The standard InChI is InChI=1S/C24H23FN6O/c1-14-19(16-7-17-12-30-22(26-4)10-20(17)29-11-16)9-18(13-28-14)31-23(32)15-5-6-27-21(8-15)24(2,3)25/h5-13H,1-4H3,(H,26,30)(H,31,32). The molecule has 0 spiro atoms. The summed E-state index contributed by atoms with van der Waals surface area (Å²) in [5.41, 5.74) is 2.74. The average molecular weight is 430 g/mol. The van der Waals surface area contributed by atoms with Crippen LogP contribution in [0.1, 0.15) is 35.6 Å². The zero-order valence-electron chi connectivity index (χ0n) is 18.3. The van der Waals surface area contributed by atoms with Crippen LogP contribution in [0, 0.1) is 6.92 Å². The van der Waals surface area contributed by atoms with Crippen molar-refractivity contribution in [3.63, 3.8) is 0 Å². The van der Waals surface area contributed by atoms with Gasteiger partial charge in [-0.15, -0.1) is 0 Å². The van der Waals surface area contributed by atoms with Gasteiger partial charge >= 0.3 is 0 Å². The Hall–Kier alpha value is -3.94. The number of carbonyl (C=O) groups is 1. The van der Waals surface area contributed by atoms with Crippen LogP contribution in [0.3, 0.4) is 0 Å². The molecule has 0 aromatic carbocycles. The maximum Gasteiger partial charge on any atom is 0.255 e. The van der Waals surface area contributed by atoms with Gasteiger partial charge < -0.3 is 10.6 Å². The van der Waals surface area contributed by atoms with Gasteiger partial charge in [-0.1, -0.05) is 0 Å².